The fourth-order valence-corrected chi connectivity index (χ4v) is 5.84. The average molecular weight is 536 g/mol. The Hall–Kier alpha value is -3.42. The Morgan fingerprint density at radius 2 is 1.74 bits per heavy atom. The number of likely N-dealkylation sites (tertiary alicyclic amines) is 1. The normalized spacial score (nSPS) is 23.1. The molecule has 1 aromatic carbocycles. The van der Waals surface area contributed by atoms with Gasteiger partial charge in [-0.25, -0.2) is 13.6 Å². The summed E-state index contributed by atoms with van der Waals surface area (Å²) in [7, 11) is 1.67. The van der Waals surface area contributed by atoms with Crippen molar-refractivity contribution in [2.45, 2.75) is 64.2 Å². The number of rotatable bonds is 5. The van der Waals surface area contributed by atoms with Gasteiger partial charge in [-0.2, -0.15) is 4.98 Å². The minimum Gasteiger partial charge on any atom is -0.361 e. The Morgan fingerprint density at radius 1 is 1.05 bits per heavy atom. The third kappa shape index (κ3) is 5.52. The maximum absolute atomic E-state index is 13.5. The molecule has 0 bridgehead atoms. The number of piperidine rings is 1. The molecular weight excluding hydrogens is 500 g/mol. The van der Waals surface area contributed by atoms with E-state index in [1.165, 1.54) is 10.1 Å². The van der Waals surface area contributed by atoms with Crippen molar-refractivity contribution in [3.63, 3.8) is 0 Å². The first-order valence-corrected chi connectivity index (χ1v) is 13.5. The molecule has 206 valence electrons. The van der Waals surface area contributed by atoms with Crippen LogP contribution in [0.25, 0.3) is 15.9 Å². The van der Waals surface area contributed by atoms with Crippen LogP contribution < -0.4 is 10.6 Å². The number of hydrogen-bond donors (Lipinski definition) is 0. The second kappa shape index (κ2) is 10.6. The van der Waals surface area contributed by atoms with Gasteiger partial charge in [-0.1, -0.05) is 30.8 Å². The Labute approximate surface area is 227 Å². The van der Waals surface area contributed by atoms with Gasteiger partial charge in [0, 0.05) is 70.7 Å². The summed E-state index contributed by atoms with van der Waals surface area (Å²) < 4.78 is 28.4. The number of pyridine rings is 1. The Kier molecular flexibility index (Phi) is 7.40. The summed E-state index contributed by atoms with van der Waals surface area (Å²) in [5.74, 6) is -1.71. The molecule has 1 unspecified atom stereocenters. The second-order valence-electron chi connectivity index (χ2n) is 11.0. The summed E-state index contributed by atoms with van der Waals surface area (Å²) in [5, 5.41) is 0. The zero-order valence-electron chi connectivity index (χ0n) is 22.9. The summed E-state index contributed by atoms with van der Waals surface area (Å²) in [6, 6.07) is 12.3. The van der Waals surface area contributed by atoms with Crippen molar-refractivity contribution in [2.75, 3.05) is 31.1 Å². The monoisotopic (exact) mass is 535 g/mol. The number of halogens is 2. The minimum absolute atomic E-state index is 0.0657. The number of alkyl halides is 2. The van der Waals surface area contributed by atoms with Crippen LogP contribution in [-0.4, -0.2) is 68.5 Å². The second-order valence-corrected chi connectivity index (χ2v) is 11.0. The number of aromatic nitrogens is 3. The number of hydrogen-bond acceptors (Lipinski definition) is 6. The summed E-state index contributed by atoms with van der Waals surface area (Å²) >= 11 is 0. The van der Waals surface area contributed by atoms with Crippen molar-refractivity contribution < 1.29 is 8.78 Å². The van der Waals surface area contributed by atoms with E-state index in [-0.39, 0.29) is 42.5 Å². The largest absolute Gasteiger partial charge is 0.361 e. The molecule has 2 saturated heterocycles. The maximum Gasteiger partial charge on any atom is 0.350 e. The van der Waals surface area contributed by atoms with Crippen LogP contribution in [0.1, 0.15) is 50.8 Å². The lowest BCUT2D eigenvalue weighted by molar-refractivity contribution is -0.0566. The van der Waals surface area contributed by atoms with Crippen molar-refractivity contribution in [3.05, 3.63) is 69.4 Å². The van der Waals surface area contributed by atoms with Gasteiger partial charge in [0.1, 0.15) is 0 Å². The summed E-state index contributed by atoms with van der Waals surface area (Å²) in [6.07, 6.45) is -0.131. The molecule has 3 atom stereocenters. The standard InChI is InChI=1S/C29H35F2N7O/c1-19-17-38(27-26-24(35(5)28(39)34-27)10-11-25(32-4)33-26)20(2)16-37(19)21(3)23-8-6-22(7-9-23)18-36-14-12-29(30,31)13-15-36/h6-11,19-21H,12-18H2,1-3,5H3/t19-,20+,21?/m1/s1. The number of anilines is 1. The number of nitrogens with zero attached hydrogens (tertiary/aromatic N) is 7. The van der Waals surface area contributed by atoms with E-state index in [1.807, 2.05) is 0 Å². The maximum atomic E-state index is 13.5. The zero-order chi connectivity index (χ0) is 27.9. The SMILES string of the molecule is [C-]#[N+]c1ccc2c(n1)c(N1C[C@@H](C)N(C(C)c3ccc(CN4CCC(F)(F)CC4)cc3)C[C@@H]1C)nc(=O)n2C. The highest BCUT2D eigenvalue weighted by Crippen LogP contribution is 2.33. The van der Waals surface area contributed by atoms with Crippen LogP contribution in [-0.2, 0) is 13.6 Å². The van der Waals surface area contributed by atoms with Gasteiger partial charge in [0.2, 0.25) is 5.52 Å². The fraction of sp³-hybridized carbons (Fsp3) is 0.517. The Balaban J connectivity index is 1.31. The first kappa shape index (κ1) is 27.2. The highest BCUT2D eigenvalue weighted by atomic mass is 19.3. The Morgan fingerprint density at radius 3 is 2.41 bits per heavy atom. The molecule has 4 heterocycles. The van der Waals surface area contributed by atoms with E-state index >= 15 is 0 Å². The number of benzene rings is 1. The van der Waals surface area contributed by atoms with E-state index in [2.05, 4.69) is 74.5 Å². The minimum atomic E-state index is -2.52. The van der Waals surface area contributed by atoms with Crippen LogP contribution in [0.4, 0.5) is 20.4 Å². The van der Waals surface area contributed by atoms with Gasteiger partial charge < -0.3 is 9.74 Å². The predicted octanol–water partition coefficient (Wildman–Crippen LogP) is 4.77. The summed E-state index contributed by atoms with van der Waals surface area (Å²) in [5.41, 5.74) is 3.23. The molecule has 0 amide bonds. The van der Waals surface area contributed by atoms with Crippen LogP contribution >= 0.6 is 0 Å². The molecule has 0 aliphatic carbocycles. The quantitative estimate of drug-likeness (QED) is 0.439. The first-order valence-electron chi connectivity index (χ1n) is 13.5. The van der Waals surface area contributed by atoms with Gasteiger partial charge in [0.25, 0.3) is 11.7 Å². The van der Waals surface area contributed by atoms with Gasteiger partial charge in [0.15, 0.2) is 5.82 Å². The first-order chi connectivity index (χ1) is 18.6. The lowest BCUT2D eigenvalue weighted by Crippen LogP contribution is -2.57. The van der Waals surface area contributed by atoms with Crippen LogP contribution in [0.3, 0.4) is 0 Å². The van der Waals surface area contributed by atoms with Crippen LogP contribution in [0, 0.1) is 6.57 Å². The fourth-order valence-electron chi connectivity index (χ4n) is 5.84. The van der Waals surface area contributed by atoms with Gasteiger partial charge in [-0.3, -0.25) is 14.4 Å². The van der Waals surface area contributed by atoms with Crippen LogP contribution in [0.5, 0.6) is 0 Å². The van der Waals surface area contributed by atoms with Gasteiger partial charge >= 0.3 is 5.69 Å². The van der Waals surface area contributed by atoms with Gasteiger partial charge in [-0.05, 0) is 44.0 Å². The molecule has 2 fully saturated rings. The third-order valence-corrected chi connectivity index (χ3v) is 8.30. The van der Waals surface area contributed by atoms with E-state index in [4.69, 9.17) is 6.57 Å². The lowest BCUT2D eigenvalue weighted by Gasteiger charge is -2.47. The van der Waals surface area contributed by atoms with Gasteiger partial charge in [-0.15, -0.1) is 4.98 Å². The van der Waals surface area contributed by atoms with E-state index in [1.54, 1.807) is 19.2 Å². The molecular formula is C29H35F2N7O. The van der Waals surface area contributed by atoms with Crippen molar-refractivity contribution in [3.8, 4) is 0 Å². The molecule has 8 nitrogen and oxygen atoms in total. The van der Waals surface area contributed by atoms with Crippen molar-refractivity contribution >= 4 is 22.7 Å². The summed E-state index contributed by atoms with van der Waals surface area (Å²) in [4.78, 5) is 31.7. The zero-order valence-corrected chi connectivity index (χ0v) is 22.9. The van der Waals surface area contributed by atoms with Crippen LogP contribution in [0.15, 0.2) is 41.2 Å². The average Bonchev–Trinajstić information content (AvgIpc) is 2.92. The molecule has 2 aliphatic heterocycles. The van der Waals surface area contributed by atoms with E-state index in [0.717, 1.165) is 12.1 Å². The van der Waals surface area contributed by atoms with E-state index in [0.29, 0.717) is 43.0 Å². The number of piperazine rings is 1. The molecule has 0 N–H and O–H groups in total. The molecule has 2 aliphatic rings. The van der Waals surface area contributed by atoms with Gasteiger partial charge in [0.05, 0.1) is 5.52 Å². The smallest absolute Gasteiger partial charge is 0.350 e. The van der Waals surface area contributed by atoms with Crippen molar-refractivity contribution in [1.29, 1.82) is 0 Å². The molecule has 0 spiro atoms. The van der Waals surface area contributed by atoms with Crippen molar-refractivity contribution in [2.24, 2.45) is 7.05 Å². The third-order valence-electron chi connectivity index (χ3n) is 8.30. The number of aryl methyl sites for hydroxylation is 1. The molecule has 0 radical (unpaired) electrons. The molecule has 5 rings (SSSR count). The molecule has 39 heavy (non-hydrogen) atoms. The summed E-state index contributed by atoms with van der Waals surface area (Å²) in [6.45, 7) is 16.9. The molecule has 10 heteroatoms. The number of fused-ring (bicyclic) bond motifs is 1. The van der Waals surface area contributed by atoms with E-state index < -0.39 is 5.92 Å². The van der Waals surface area contributed by atoms with Crippen LogP contribution in [0.2, 0.25) is 0 Å². The van der Waals surface area contributed by atoms with Crippen molar-refractivity contribution in [1.82, 2.24) is 24.3 Å². The lowest BCUT2D eigenvalue weighted by atomic mass is 9.99. The topological polar surface area (TPSA) is 61.9 Å². The highest BCUT2D eigenvalue weighted by Gasteiger charge is 2.36. The molecule has 2 aromatic heterocycles. The van der Waals surface area contributed by atoms with E-state index in [9.17, 15) is 13.6 Å². The molecule has 0 saturated carbocycles. The Bertz CT molecular complexity index is 1440. The highest BCUT2D eigenvalue weighted by molar-refractivity contribution is 5.87. The molecule has 3 aromatic rings. The predicted molar refractivity (Wildman–Crippen MR) is 148 cm³/mol.